The molecule has 0 saturated heterocycles. The molecule has 6 heteroatoms. The highest BCUT2D eigenvalue weighted by atomic mass is 16.6. The minimum Gasteiger partial charge on any atom is -0.466 e. The van der Waals surface area contributed by atoms with Crippen LogP contribution in [0.1, 0.15) is 70.3 Å². The molecular formula is C30H37NO5. The molecule has 1 aromatic carbocycles. The Kier molecular flexibility index (Phi) is 6.12. The first kappa shape index (κ1) is 24.8. The van der Waals surface area contributed by atoms with Gasteiger partial charge in [0.15, 0.2) is 5.78 Å². The van der Waals surface area contributed by atoms with Gasteiger partial charge in [-0.1, -0.05) is 24.6 Å². The van der Waals surface area contributed by atoms with Gasteiger partial charge >= 0.3 is 11.9 Å². The molecule has 0 radical (unpaired) electrons. The summed E-state index contributed by atoms with van der Waals surface area (Å²) in [6.07, 6.45) is 7.03. The van der Waals surface area contributed by atoms with Crippen molar-refractivity contribution in [1.82, 2.24) is 0 Å². The zero-order valence-electron chi connectivity index (χ0n) is 22.1. The van der Waals surface area contributed by atoms with Crippen molar-refractivity contribution in [1.29, 1.82) is 0 Å². The summed E-state index contributed by atoms with van der Waals surface area (Å²) in [4.78, 5) is 40.0. The number of methoxy groups -OCH3 is 1. The Morgan fingerprint density at radius 3 is 2.42 bits per heavy atom. The van der Waals surface area contributed by atoms with Crippen LogP contribution in [0.5, 0.6) is 0 Å². The Labute approximate surface area is 213 Å². The second kappa shape index (κ2) is 8.89. The average molecular weight is 492 g/mol. The third-order valence-corrected chi connectivity index (χ3v) is 9.50. The lowest BCUT2D eigenvalue weighted by Crippen LogP contribution is -2.58. The van der Waals surface area contributed by atoms with E-state index in [9.17, 15) is 14.4 Å². The van der Waals surface area contributed by atoms with Crippen LogP contribution in [0.3, 0.4) is 0 Å². The quantitative estimate of drug-likeness (QED) is 0.544. The van der Waals surface area contributed by atoms with Gasteiger partial charge in [0.05, 0.1) is 7.11 Å². The molecule has 0 aromatic heterocycles. The number of hydrogen-bond donors (Lipinski definition) is 0. The standard InChI is InChI=1S/C30H37NO5/c1-18(32)36-30(28(34)35-5)15-14-26-24-12-8-20-16-22(33)11-13-23(20)27(24)25(17-29(26,30)2)19-6-9-21(10-7-19)31(3)4/h6-7,9-10,16,24-26H,8,11-15,17H2,1-5H3/t24?,25?,26?,29-,30?/m0/s1. The molecule has 6 nitrogen and oxygen atoms in total. The molecule has 1 aromatic rings. The maximum absolute atomic E-state index is 13.4. The first-order chi connectivity index (χ1) is 17.1. The molecule has 2 fully saturated rings. The van der Waals surface area contributed by atoms with Crippen molar-refractivity contribution in [2.45, 2.75) is 70.3 Å². The van der Waals surface area contributed by atoms with E-state index in [1.54, 1.807) is 0 Å². The monoisotopic (exact) mass is 491 g/mol. The number of allylic oxidation sites excluding steroid dienone is 4. The molecule has 0 heterocycles. The van der Waals surface area contributed by atoms with E-state index in [4.69, 9.17) is 9.47 Å². The highest BCUT2D eigenvalue weighted by Crippen LogP contribution is 2.67. The summed E-state index contributed by atoms with van der Waals surface area (Å²) in [5, 5.41) is 0. The Bertz CT molecular complexity index is 1160. The van der Waals surface area contributed by atoms with E-state index in [1.165, 1.54) is 36.3 Å². The smallest absolute Gasteiger partial charge is 0.350 e. The van der Waals surface area contributed by atoms with Gasteiger partial charge in [0.2, 0.25) is 5.60 Å². The summed E-state index contributed by atoms with van der Waals surface area (Å²) in [7, 11) is 5.44. The Hall–Kier alpha value is -2.89. The van der Waals surface area contributed by atoms with Crippen molar-refractivity contribution < 1.29 is 23.9 Å². The number of ether oxygens (including phenoxy) is 2. The van der Waals surface area contributed by atoms with Crippen LogP contribution in [0.25, 0.3) is 0 Å². The molecule has 0 amide bonds. The topological polar surface area (TPSA) is 72.9 Å². The largest absolute Gasteiger partial charge is 0.466 e. The van der Waals surface area contributed by atoms with Gasteiger partial charge in [-0.15, -0.1) is 0 Å². The Morgan fingerprint density at radius 2 is 1.78 bits per heavy atom. The zero-order valence-corrected chi connectivity index (χ0v) is 22.1. The maximum Gasteiger partial charge on any atom is 0.350 e. The summed E-state index contributed by atoms with van der Waals surface area (Å²) in [6, 6.07) is 8.67. The van der Waals surface area contributed by atoms with Crippen molar-refractivity contribution in [2.75, 3.05) is 26.1 Å². The lowest BCUT2D eigenvalue weighted by Gasteiger charge is -2.54. The summed E-state index contributed by atoms with van der Waals surface area (Å²) in [6.45, 7) is 3.52. The molecule has 5 atom stereocenters. The highest BCUT2D eigenvalue weighted by Gasteiger charge is 2.69. The van der Waals surface area contributed by atoms with Gasteiger partial charge in [0.1, 0.15) is 0 Å². The minimum absolute atomic E-state index is 0.0806. The number of esters is 2. The number of anilines is 1. The molecule has 4 aliphatic rings. The van der Waals surface area contributed by atoms with Gasteiger partial charge in [-0.3, -0.25) is 9.59 Å². The Morgan fingerprint density at radius 1 is 1.06 bits per heavy atom. The average Bonchev–Trinajstić information content (AvgIpc) is 3.14. The molecule has 5 rings (SSSR count). The third kappa shape index (κ3) is 3.63. The van der Waals surface area contributed by atoms with E-state index in [-0.39, 0.29) is 23.5 Å². The second-order valence-corrected chi connectivity index (χ2v) is 11.4. The number of hydrogen-bond acceptors (Lipinski definition) is 6. The molecular weight excluding hydrogens is 454 g/mol. The molecule has 4 aliphatic carbocycles. The number of ketones is 1. The van der Waals surface area contributed by atoms with Gasteiger partial charge in [-0.05, 0) is 85.3 Å². The molecule has 36 heavy (non-hydrogen) atoms. The predicted octanol–water partition coefficient (Wildman–Crippen LogP) is 5.13. The first-order valence-electron chi connectivity index (χ1n) is 13.1. The molecule has 0 spiro atoms. The molecule has 192 valence electrons. The Balaban J connectivity index is 1.69. The van der Waals surface area contributed by atoms with Crippen molar-refractivity contribution in [2.24, 2.45) is 17.3 Å². The van der Waals surface area contributed by atoms with Crippen LogP contribution >= 0.6 is 0 Å². The number of nitrogens with zero attached hydrogens (tertiary/aromatic N) is 1. The van der Waals surface area contributed by atoms with E-state index >= 15 is 0 Å². The SMILES string of the molecule is COC(=O)C1(OC(C)=O)CCC2C3CCC4=CC(=O)CCC4=C3C(c3ccc(N(C)C)cc3)C[C@@]21C. The zero-order chi connectivity index (χ0) is 25.8. The van der Waals surface area contributed by atoms with Gasteiger partial charge in [-0.2, -0.15) is 0 Å². The fourth-order valence-electron chi connectivity index (χ4n) is 7.91. The lowest BCUT2D eigenvalue weighted by molar-refractivity contribution is -0.198. The van der Waals surface area contributed by atoms with Crippen LogP contribution in [0, 0.1) is 17.3 Å². The highest BCUT2D eigenvalue weighted by molar-refractivity contribution is 5.93. The fourth-order valence-corrected chi connectivity index (χ4v) is 7.91. The van der Waals surface area contributed by atoms with Crippen molar-refractivity contribution in [3.8, 4) is 0 Å². The molecule has 2 saturated carbocycles. The number of carbonyl (C=O) groups is 3. The number of rotatable bonds is 4. The van der Waals surface area contributed by atoms with E-state index in [2.05, 4.69) is 36.1 Å². The maximum atomic E-state index is 13.4. The van der Waals surface area contributed by atoms with Crippen molar-refractivity contribution >= 4 is 23.4 Å². The van der Waals surface area contributed by atoms with E-state index in [0.29, 0.717) is 19.3 Å². The van der Waals surface area contributed by atoms with Gasteiger partial charge in [0.25, 0.3) is 0 Å². The van der Waals surface area contributed by atoms with E-state index in [0.717, 1.165) is 31.4 Å². The summed E-state index contributed by atoms with van der Waals surface area (Å²) in [5.41, 5.74) is 4.50. The van der Waals surface area contributed by atoms with Crippen LogP contribution in [-0.4, -0.2) is 44.5 Å². The van der Waals surface area contributed by atoms with Crippen LogP contribution in [0.15, 0.2) is 47.1 Å². The van der Waals surface area contributed by atoms with Gasteiger partial charge in [0, 0.05) is 44.5 Å². The summed E-state index contributed by atoms with van der Waals surface area (Å²) in [5.74, 6) is -0.101. The minimum atomic E-state index is -1.28. The number of fused-ring (bicyclic) bond motifs is 4. The lowest BCUT2D eigenvalue weighted by atomic mass is 9.51. The van der Waals surface area contributed by atoms with Crippen LogP contribution in [-0.2, 0) is 23.9 Å². The molecule has 0 bridgehead atoms. The summed E-state index contributed by atoms with van der Waals surface area (Å²) >= 11 is 0. The molecule has 4 unspecified atom stereocenters. The van der Waals surface area contributed by atoms with Crippen LogP contribution < -0.4 is 4.90 Å². The number of benzene rings is 1. The first-order valence-corrected chi connectivity index (χ1v) is 13.1. The molecule has 0 N–H and O–H groups in total. The fraction of sp³-hybridized carbons (Fsp3) is 0.567. The van der Waals surface area contributed by atoms with E-state index in [1.807, 2.05) is 20.2 Å². The number of carbonyl (C=O) groups excluding carboxylic acids is 3. The molecule has 0 aliphatic heterocycles. The van der Waals surface area contributed by atoms with Gasteiger partial charge < -0.3 is 14.4 Å². The second-order valence-electron chi connectivity index (χ2n) is 11.4. The van der Waals surface area contributed by atoms with Crippen molar-refractivity contribution in [3.05, 3.63) is 52.6 Å². The van der Waals surface area contributed by atoms with E-state index < -0.39 is 23.0 Å². The predicted molar refractivity (Wildman–Crippen MR) is 138 cm³/mol. The van der Waals surface area contributed by atoms with Crippen molar-refractivity contribution in [3.63, 3.8) is 0 Å². The van der Waals surface area contributed by atoms with Crippen LogP contribution in [0.2, 0.25) is 0 Å². The third-order valence-electron chi connectivity index (χ3n) is 9.50. The van der Waals surface area contributed by atoms with Crippen LogP contribution in [0.4, 0.5) is 5.69 Å². The van der Waals surface area contributed by atoms with Gasteiger partial charge in [-0.25, -0.2) is 4.79 Å². The summed E-state index contributed by atoms with van der Waals surface area (Å²) < 4.78 is 11.3. The normalized spacial score (nSPS) is 33.2.